The van der Waals surface area contributed by atoms with Crippen molar-refractivity contribution in [3.05, 3.63) is 89.7 Å². The summed E-state index contributed by atoms with van der Waals surface area (Å²) >= 11 is 1.49. The number of urea groups is 1. The molecule has 5 rings (SSSR count). The van der Waals surface area contributed by atoms with Crippen LogP contribution in [0.1, 0.15) is 42.6 Å². The Kier molecular flexibility index (Phi) is 9.23. The van der Waals surface area contributed by atoms with Crippen LogP contribution in [0.25, 0.3) is 17.1 Å². The van der Waals surface area contributed by atoms with Crippen LogP contribution in [0.5, 0.6) is 5.75 Å². The third-order valence-corrected chi connectivity index (χ3v) is 7.89. The third-order valence-electron chi connectivity index (χ3n) is 6.93. The summed E-state index contributed by atoms with van der Waals surface area (Å²) in [6.45, 7) is 6.83. The number of nitrogens with one attached hydrogen (secondary N) is 1. The van der Waals surface area contributed by atoms with Gasteiger partial charge in [0.1, 0.15) is 18.2 Å². The Hall–Kier alpha value is -4.39. The molecule has 1 atom stereocenters. The van der Waals surface area contributed by atoms with Gasteiger partial charge in [0.15, 0.2) is 11.0 Å². The zero-order chi connectivity index (χ0) is 31.4. The van der Waals surface area contributed by atoms with Gasteiger partial charge in [0.05, 0.1) is 12.2 Å². The minimum absolute atomic E-state index is 0.248. The number of amidine groups is 1. The van der Waals surface area contributed by atoms with Gasteiger partial charge in [-0.1, -0.05) is 62.0 Å². The molecule has 1 N–H and O–H groups in total. The molecule has 0 aliphatic carbocycles. The summed E-state index contributed by atoms with van der Waals surface area (Å²) in [7, 11) is 0. The number of hydrogen-bond donors (Lipinski definition) is 1. The van der Waals surface area contributed by atoms with Gasteiger partial charge in [0.25, 0.3) is 0 Å². The Morgan fingerprint density at radius 1 is 1.09 bits per heavy atom. The smallest absolute Gasteiger partial charge is 0.406 e. The first-order valence-electron chi connectivity index (χ1n) is 13.9. The number of nitrogens with zero attached hydrogens (tertiary/aromatic N) is 5. The number of rotatable bonds is 8. The molecular weight excluding hydrogens is 596 g/mol. The number of carbonyl (C=O) groups is 1. The number of aliphatic imine (C=N–C) groups is 1. The number of hydrogen-bond acceptors (Lipinski definition) is 5. The molecule has 1 aliphatic rings. The topological polar surface area (TPSA) is 84.6 Å². The summed E-state index contributed by atoms with van der Waals surface area (Å²) in [6, 6.07) is 17.2. The standard InChI is InChI=1S/C31H30F4N6O2S/c1-19(2)27-20(3)5-4-6-26(27)40-15-16-44-30(40)38-29(42)36-17-25(32)21-7-9-22(10-8-21)28-37-18-41(39-28)23-11-13-24(14-12-23)43-31(33,34)35/h4-14,18-19,25H,15-17H2,1-3H3,(H,36,42)/b38-30-. The molecule has 4 aromatic rings. The van der Waals surface area contributed by atoms with Gasteiger partial charge in [-0.25, -0.2) is 18.9 Å². The fourth-order valence-electron chi connectivity index (χ4n) is 4.95. The molecule has 2 heterocycles. The average molecular weight is 627 g/mol. The summed E-state index contributed by atoms with van der Waals surface area (Å²) in [4.78, 5) is 23.2. The first-order valence-corrected chi connectivity index (χ1v) is 14.9. The van der Waals surface area contributed by atoms with Crippen molar-refractivity contribution < 1.29 is 27.1 Å². The number of benzene rings is 3. The van der Waals surface area contributed by atoms with E-state index in [1.54, 1.807) is 24.3 Å². The molecule has 44 heavy (non-hydrogen) atoms. The molecule has 1 fully saturated rings. The van der Waals surface area contributed by atoms with Crippen LogP contribution < -0.4 is 15.0 Å². The Bertz CT molecular complexity index is 1640. The molecule has 8 nitrogen and oxygen atoms in total. The van der Waals surface area contributed by atoms with Crippen LogP contribution in [-0.2, 0) is 0 Å². The number of halogens is 4. The lowest BCUT2D eigenvalue weighted by Gasteiger charge is -2.24. The summed E-state index contributed by atoms with van der Waals surface area (Å²) in [6.07, 6.45) is -4.82. The Morgan fingerprint density at radius 2 is 1.82 bits per heavy atom. The lowest BCUT2D eigenvalue weighted by Crippen LogP contribution is -2.30. The van der Waals surface area contributed by atoms with Gasteiger partial charge in [-0.05, 0) is 59.9 Å². The van der Waals surface area contributed by atoms with E-state index in [9.17, 15) is 18.0 Å². The van der Waals surface area contributed by atoms with Crippen molar-refractivity contribution in [2.75, 3.05) is 23.7 Å². The minimum Gasteiger partial charge on any atom is -0.406 e. The number of anilines is 1. The number of aromatic nitrogens is 3. The minimum atomic E-state index is -4.77. The van der Waals surface area contributed by atoms with E-state index in [2.05, 4.69) is 52.0 Å². The van der Waals surface area contributed by atoms with Crippen LogP contribution in [0, 0.1) is 6.92 Å². The van der Waals surface area contributed by atoms with E-state index in [4.69, 9.17) is 0 Å². The summed E-state index contributed by atoms with van der Waals surface area (Å²) in [5.41, 5.74) is 4.89. The highest BCUT2D eigenvalue weighted by Gasteiger charge is 2.31. The number of thioether (sulfide) groups is 1. The maximum atomic E-state index is 15.0. The normalized spacial score (nSPS) is 15.2. The fraction of sp³-hybridized carbons (Fsp3) is 0.290. The van der Waals surface area contributed by atoms with Crippen molar-refractivity contribution in [1.82, 2.24) is 20.1 Å². The van der Waals surface area contributed by atoms with Gasteiger partial charge < -0.3 is 15.0 Å². The molecule has 1 unspecified atom stereocenters. The van der Waals surface area contributed by atoms with Crippen LogP contribution >= 0.6 is 11.8 Å². The Labute approximate surface area is 256 Å². The van der Waals surface area contributed by atoms with Crippen molar-refractivity contribution in [2.24, 2.45) is 4.99 Å². The first-order chi connectivity index (χ1) is 21.0. The van der Waals surface area contributed by atoms with Crippen molar-refractivity contribution >= 4 is 28.6 Å². The van der Waals surface area contributed by atoms with Gasteiger partial charge in [-0.2, -0.15) is 4.99 Å². The highest BCUT2D eigenvalue weighted by atomic mass is 32.2. The summed E-state index contributed by atoms with van der Waals surface area (Å²) in [5.74, 6) is 1.11. The number of aryl methyl sites for hydroxylation is 1. The molecule has 0 radical (unpaired) electrons. The van der Waals surface area contributed by atoms with Gasteiger partial charge in [0, 0.05) is 23.5 Å². The van der Waals surface area contributed by atoms with Crippen molar-refractivity contribution in [3.63, 3.8) is 0 Å². The van der Waals surface area contributed by atoms with E-state index < -0.39 is 18.6 Å². The second-order valence-electron chi connectivity index (χ2n) is 10.4. The van der Waals surface area contributed by atoms with E-state index in [0.29, 0.717) is 33.7 Å². The number of alkyl halides is 4. The molecule has 3 aromatic carbocycles. The second kappa shape index (κ2) is 13.1. The predicted molar refractivity (Wildman–Crippen MR) is 163 cm³/mol. The highest BCUT2D eigenvalue weighted by Crippen LogP contribution is 2.34. The number of ether oxygens (including phenoxy) is 1. The number of carbonyl (C=O) groups excluding carboxylic acids is 1. The quantitative estimate of drug-likeness (QED) is 0.203. The van der Waals surface area contributed by atoms with Crippen LogP contribution in [0.15, 0.2) is 78.0 Å². The van der Waals surface area contributed by atoms with Crippen LogP contribution in [0.2, 0.25) is 0 Å². The third kappa shape index (κ3) is 7.39. The van der Waals surface area contributed by atoms with Gasteiger partial charge in [-0.3, -0.25) is 0 Å². The van der Waals surface area contributed by atoms with Crippen molar-refractivity contribution in [2.45, 2.75) is 39.2 Å². The van der Waals surface area contributed by atoms with E-state index in [1.165, 1.54) is 58.2 Å². The molecule has 0 bridgehead atoms. The van der Waals surface area contributed by atoms with E-state index in [0.717, 1.165) is 18.0 Å². The molecule has 13 heteroatoms. The van der Waals surface area contributed by atoms with Crippen LogP contribution in [0.4, 0.5) is 28.0 Å². The van der Waals surface area contributed by atoms with Gasteiger partial charge in [-0.15, -0.1) is 18.3 Å². The van der Waals surface area contributed by atoms with Gasteiger partial charge >= 0.3 is 12.4 Å². The van der Waals surface area contributed by atoms with Crippen molar-refractivity contribution in [1.29, 1.82) is 0 Å². The van der Waals surface area contributed by atoms with Crippen LogP contribution in [-0.4, -0.2) is 51.2 Å². The summed E-state index contributed by atoms with van der Waals surface area (Å²) in [5, 5.41) is 7.52. The van der Waals surface area contributed by atoms with Crippen molar-refractivity contribution in [3.8, 4) is 22.8 Å². The Balaban J connectivity index is 1.19. The Morgan fingerprint density at radius 3 is 2.50 bits per heavy atom. The number of amides is 2. The molecule has 1 aliphatic heterocycles. The molecule has 0 saturated carbocycles. The molecule has 0 spiro atoms. The zero-order valence-corrected chi connectivity index (χ0v) is 25.0. The van der Waals surface area contributed by atoms with E-state index in [1.807, 2.05) is 17.0 Å². The highest BCUT2D eigenvalue weighted by molar-refractivity contribution is 8.14. The predicted octanol–water partition coefficient (Wildman–Crippen LogP) is 7.59. The molecular formula is C31H30F4N6O2S. The van der Waals surface area contributed by atoms with E-state index in [-0.39, 0.29) is 12.3 Å². The van der Waals surface area contributed by atoms with E-state index >= 15 is 4.39 Å². The second-order valence-corrected chi connectivity index (χ2v) is 11.4. The monoisotopic (exact) mass is 626 g/mol. The largest absolute Gasteiger partial charge is 0.573 e. The maximum absolute atomic E-state index is 15.0. The lowest BCUT2D eigenvalue weighted by molar-refractivity contribution is -0.274. The summed E-state index contributed by atoms with van der Waals surface area (Å²) < 4.78 is 57.5. The maximum Gasteiger partial charge on any atom is 0.573 e. The van der Waals surface area contributed by atoms with Gasteiger partial charge in [0.2, 0.25) is 0 Å². The molecule has 1 saturated heterocycles. The first kappa shape index (κ1) is 31.0. The fourth-order valence-corrected chi connectivity index (χ4v) is 5.90. The SMILES string of the molecule is Cc1cccc(N2CCS/C2=N\C(=O)NCC(F)c2ccc(-c3ncn(-c4ccc(OC(F)(F)F)cc4)n3)cc2)c1C(C)C. The average Bonchev–Trinajstić information content (AvgIpc) is 3.66. The molecule has 1 aromatic heterocycles. The van der Waals surface area contributed by atoms with Crippen LogP contribution in [0.3, 0.4) is 0 Å². The molecule has 230 valence electrons. The molecule has 2 amide bonds. The lowest BCUT2D eigenvalue weighted by atomic mass is 9.95. The zero-order valence-electron chi connectivity index (χ0n) is 24.2.